The molecule has 0 aliphatic carbocycles. The van der Waals surface area contributed by atoms with Crippen LogP contribution in [0.5, 0.6) is 5.75 Å². The van der Waals surface area contributed by atoms with E-state index in [1.165, 1.54) is 0 Å². The molecule has 28 heavy (non-hydrogen) atoms. The van der Waals surface area contributed by atoms with Crippen LogP contribution < -0.4 is 0 Å². The van der Waals surface area contributed by atoms with Gasteiger partial charge in [0.2, 0.25) is 0 Å². The first-order valence-electron chi connectivity index (χ1n) is 7.68. The second-order valence-corrected chi connectivity index (χ2v) is 5.70. The van der Waals surface area contributed by atoms with E-state index in [0.29, 0.717) is 12.1 Å². The fourth-order valence-corrected chi connectivity index (χ4v) is 1.92. The highest BCUT2D eigenvalue weighted by Gasteiger charge is 2.30. The van der Waals surface area contributed by atoms with Gasteiger partial charge in [0, 0.05) is 6.20 Å². The van der Waals surface area contributed by atoms with Gasteiger partial charge in [-0.25, -0.2) is 0 Å². The van der Waals surface area contributed by atoms with E-state index in [-0.39, 0.29) is 11.7 Å². The van der Waals surface area contributed by atoms with Crippen LogP contribution in [-0.4, -0.2) is 30.6 Å². The van der Waals surface area contributed by atoms with Gasteiger partial charge in [0.25, 0.3) is 11.4 Å². The van der Waals surface area contributed by atoms with E-state index in [4.69, 9.17) is 5.11 Å². The van der Waals surface area contributed by atoms with Gasteiger partial charge in [-0.1, -0.05) is 6.07 Å². The van der Waals surface area contributed by atoms with Crippen LogP contribution >= 0.6 is 0 Å². The molecule has 148 valence electrons. The van der Waals surface area contributed by atoms with E-state index in [9.17, 15) is 35.1 Å². The predicted octanol–water partition coefficient (Wildman–Crippen LogP) is 3.20. The number of aryl methyl sites for hydroxylation is 1. The Hall–Kier alpha value is -3.96. The number of nitro benzene ring substituents is 3. The smallest absolute Gasteiger partial charge is 0.324 e. The van der Waals surface area contributed by atoms with Crippen molar-refractivity contribution in [1.82, 2.24) is 4.98 Å². The highest BCUT2D eigenvalue weighted by molar-refractivity contribution is 5.82. The van der Waals surface area contributed by atoms with Crippen LogP contribution in [0.3, 0.4) is 0 Å². The third-order valence-corrected chi connectivity index (χ3v) is 3.65. The van der Waals surface area contributed by atoms with E-state index in [1.54, 1.807) is 13.1 Å². The molecule has 0 amide bonds. The summed E-state index contributed by atoms with van der Waals surface area (Å²) in [5.41, 5.74) is -1.03. The Labute approximate surface area is 157 Å². The predicted molar refractivity (Wildman–Crippen MR) is 96.1 cm³/mol. The molecule has 0 saturated heterocycles. The molecule has 0 radical (unpaired) electrons. The van der Waals surface area contributed by atoms with Crippen molar-refractivity contribution in [3.8, 4) is 5.75 Å². The number of ketones is 1. The number of benzene rings is 1. The zero-order valence-electron chi connectivity index (χ0n) is 15.1. The average molecular weight is 392 g/mol. The number of pyridine rings is 1. The zero-order chi connectivity index (χ0) is 21.6. The molecule has 1 N–H and O–H groups in total. The fourth-order valence-electron chi connectivity index (χ4n) is 1.92. The van der Waals surface area contributed by atoms with Crippen molar-refractivity contribution in [3.05, 3.63) is 72.1 Å². The maximum Gasteiger partial charge on any atom is 0.324 e. The SMILES string of the molecule is CC(=O)C(C)c1ccc(C)cn1.O=[N+]([O-])c1cc([N+](=O)[O-])c(O)c([N+](=O)[O-])c1. The normalized spacial score (nSPS) is 11.0. The van der Waals surface area contributed by atoms with Crippen LogP contribution in [0.15, 0.2) is 30.5 Å². The maximum atomic E-state index is 11.0. The molecule has 1 aromatic carbocycles. The van der Waals surface area contributed by atoms with Crippen molar-refractivity contribution in [2.24, 2.45) is 0 Å². The van der Waals surface area contributed by atoms with Gasteiger partial charge in [-0.05, 0) is 32.4 Å². The van der Waals surface area contributed by atoms with Crippen LogP contribution in [0, 0.1) is 37.3 Å². The lowest BCUT2D eigenvalue weighted by atomic mass is 10.0. The third-order valence-electron chi connectivity index (χ3n) is 3.65. The second kappa shape index (κ2) is 9.12. The number of phenolic OH excluding ortho intramolecular Hbond substituents is 1. The van der Waals surface area contributed by atoms with E-state index < -0.39 is 37.6 Å². The van der Waals surface area contributed by atoms with Crippen molar-refractivity contribution in [1.29, 1.82) is 0 Å². The molecular weight excluding hydrogens is 376 g/mol. The number of aromatic hydroxyl groups is 1. The Balaban J connectivity index is 0.000000292. The molecule has 2 rings (SSSR count). The molecule has 0 spiro atoms. The summed E-state index contributed by atoms with van der Waals surface area (Å²) < 4.78 is 0. The number of non-ortho nitro benzene ring substituents is 1. The number of carbonyl (C=O) groups excluding carboxylic acids is 1. The maximum absolute atomic E-state index is 11.0. The van der Waals surface area contributed by atoms with Gasteiger partial charge in [-0.3, -0.25) is 40.1 Å². The quantitative estimate of drug-likeness (QED) is 0.590. The molecular formula is C16H16N4O8. The second-order valence-electron chi connectivity index (χ2n) is 5.70. The Bertz CT molecular complexity index is 892. The molecule has 12 heteroatoms. The molecule has 0 saturated carbocycles. The van der Waals surface area contributed by atoms with Gasteiger partial charge in [0.1, 0.15) is 5.78 Å². The lowest BCUT2D eigenvalue weighted by molar-refractivity contribution is -0.404. The van der Waals surface area contributed by atoms with Gasteiger partial charge < -0.3 is 5.11 Å². The largest absolute Gasteiger partial charge is 0.497 e. The number of nitrogens with zero attached hydrogens (tertiary/aromatic N) is 4. The monoisotopic (exact) mass is 392 g/mol. The highest BCUT2D eigenvalue weighted by atomic mass is 16.6. The summed E-state index contributed by atoms with van der Waals surface area (Å²) in [7, 11) is 0. The average Bonchev–Trinajstić information content (AvgIpc) is 2.61. The van der Waals surface area contributed by atoms with Gasteiger partial charge in [0.15, 0.2) is 0 Å². The minimum Gasteiger partial charge on any atom is -0.497 e. The number of aromatic nitrogens is 1. The van der Waals surface area contributed by atoms with E-state index in [1.807, 2.05) is 26.0 Å². The molecule has 12 nitrogen and oxygen atoms in total. The summed E-state index contributed by atoms with van der Waals surface area (Å²) in [6.07, 6.45) is 1.79. The molecule has 0 bridgehead atoms. The summed E-state index contributed by atoms with van der Waals surface area (Å²) in [6.45, 7) is 5.45. The molecule has 0 aliphatic rings. The third kappa shape index (κ3) is 5.52. The first-order valence-corrected chi connectivity index (χ1v) is 7.68. The van der Waals surface area contributed by atoms with Crippen LogP contribution in [0.1, 0.15) is 31.0 Å². The Kier molecular flexibility index (Phi) is 7.19. The van der Waals surface area contributed by atoms with Gasteiger partial charge in [-0.2, -0.15) is 0 Å². The first kappa shape index (κ1) is 22.1. The van der Waals surface area contributed by atoms with Crippen molar-refractivity contribution in [2.45, 2.75) is 26.7 Å². The summed E-state index contributed by atoms with van der Waals surface area (Å²) in [5, 5.41) is 40.2. The Morgan fingerprint density at radius 3 is 1.86 bits per heavy atom. The molecule has 0 fully saturated rings. The molecule has 1 atom stereocenters. The number of hydrogen-bond donors (Lipinski definition) is 1. The van der Waals surface area contributed by atoms with Crippen molar-refractivity contribution in [2.75, 3.05) is 0 Å². The number of carbonyl (C=O) groups is 1. The number of hydrogen-bond acceptors (Lipinski definition) is 9. The Morgan fingerprint density at radius 1 is 1.04 bits per heavy atom. The van der Waals surface area contributed by atoms with E-state index >= 15 is 0 Å². The fraction of sp³-hybridized carbons (Fsp3) is 0.250. The number of phenols is 1. The molecule has 2 aromatic rings. The summed E-state index contributed by atoms with van der Waals surface area (Å²) in [5.74, 6) is -1.13. The van der Waals surface area contributed by atoms with E-state index in [2.05, 4.69) is 4.98 Å². The highest BCUT2D eigenvalue weighted by Crippen LogP contribution is 2.38. The number of rotatable bonds is 5. The lowest BCUT2D eigenvalue weighted by Gasteiger charge is -2.05. The van der Waals surface area contributed by atoms with Crippen molar-refractivity contribution >= 4 is 22.8 Å². The molecule has 1 heterocycles. The van der Waals surface area contributed by atoms with Gasteiger partial charge in [-0.15, -0.1) is 0 Å². The zero-order valence-corrected chi connectivity index (χ0v) is 15.1. The summed E-state index contributed by atoms with van der Waals surface area (Å²) in [6, 6.07) is 4.77. The molecule has 1 unspecified atom stereocenters. The van der Waals surface area contributed by atoms with Gasteiger partial charge in [0.05, 0.1) is 38.5 Å². The minimum absolute atomic E-state index is 0.0781. The minimum atomic E-state index is -1.21. The number of Topliss-reactive ketones (excluding diaryl/α,β-unsaturated/α-hetero) is 1. The van der Waals surface area contributed by atoms with Crippen molar-refractivity contribution < 1.29 is 24.7 Å². The first-order chi connectivity index (χ1) is 13.0. The Morgan fingerprint density at radius 2 is 1.54 bits per heavy atom. The summed E-state index contributed by atoms with van der Waals surface area (Å²) >= 11 is 0. The molecule has 1 aromatic heterocycles. The topological polar surface area (TPSA) is 180 Å². The van der Waals surface area contributed by atoms with E-state index in [0.717, 1.165) is 11.3 Å². The van der Waals surface area contributed by atoms with Crippen LogP contribution in [0.25, 0.3) is 0 Å². The van der Waals surface area contributed by atoms with Crippen molar-refractivity contribution in [3.63, 3.8) is 0 Å². The lowest BCUT2D eigenvalue weighted by Crippen LogP contribution is -2.05. The number of nitro groups is 3. The standard InChI is InChI=1S/C10H13NO.C6H3N3O7/c1-7-4-5-10(11-6-7)8(2)9(3)12;10-6-4(8(13)14)1-3(7(11)12)2-5(6)9(15)16/h4-6,8H,1-3H3;1-2,10H. The van der Waals surface area contributed by atoms with Crippen LogP contribution in [-0.2, 0) is 4.79 Å². The van der Waals surface area contributed by atoms with Crippen LogP contribution in [0.4, 0.5) is 17.1 Å². The summed E-state index contributed by atoms with van der Waals surface area (Å²) in [4.78, 5) is 42.9. The van der Waals surface area contributed by atoms with Gasteiger partial charge >= 0.3 is 11.4 Å². The molecule has 0 aliphatic heterocycles. The van der Waals surface area contributed by atoms with Crippen LogP contribution in [0.2, 0.25) is 0 Å².